The molecule has 0 spiro atoms. The Morgan fingerprint density at radius 3 is 3.15 bits per heavy atom. The lowest BCUT2D eigenvalue weighted by molar-refractivity contribution is 0.675. The molecule has 0 aliphatic rings. The minimum atomic E-state index is 0.797. The van der Waals surface area contributed by atoms with Crippen molar-refractivity contribution in [2.45, 2.75) is 13.1 Å². The fourth-order valence-electron chi connectivity index (χ4n) is 1.11. The molecule has 13 heavy (non-hydrogen) atoms. The van der Waals surface area contributed by atoms with Gasteiger partial charge < -0.3 is 10.3 Å². The predicted octanol–water partition coefficient (Wildman–Crippen LogP) is 1.76. The van der Waals surface area contributed by atoms with E-state index in [0.717, 1.165) is 18.9 Å². The average molecular weight is 193 g/mol. The first-order chi connectivity index (χ1) is 6.45. The monoisotopic (exact) mass is 193 g/mol. The predicted molar refractivity (Wildman–Crippen MR) is 53.5 cm³/mol. The molecule has 0 saturated carbocycles. The molecule has 2 rings (SSSR count). The summed E-state index contributed by atoms with van der Waals surface area (Å²) in [6.45, 7) is 1.71. The number of rotatable bonds is 4. The van der Waals surface area contributed by atoms with E-state index in [1.165, 1.54) is 4.88 Å². The van der Waals surface area contributed by atoms with Crippen molar-refractivity contribution in [1.29, 1.82) is 0 Å². The van der Waals surface area contributed by atoms with Gasteiger partial charge in [0.25, 0.3) is 0 Å². The van der Waals surface area contributed by atoms with Crippen LogP contribution in [0, 0.1) is 0 Å². The molecule has 0 aliphatic carbocycles. The average Bonchev–Trinajstić information content (AvgIpc) is 2.75. The number of hydrogen-bond donors (Lipinski definition) is 2. The molecule has 0 amide bonds. The van der Waals surface area contributed by atoms with E-state index in [9.17, 15) is 0 Å². The van der Waals surface area contributed by atoms with Crippen molar-refractivity contribution in [3.63, 3.8) is 0 Å². The first kappa shape index (κ1) is 8.47. The molecule has 0 aliphatic heterocycles. The second kappa shape index (κ2) is 4.20. The highest BCUT2D eigenvalue weighted by Gasteiger charge is 1.95. The largest absolute Gasteiger partial charge is 0.348 e. The summed E-state index contributed by atoms with van der Waals surface area (Å²) in [4.78, 5) is 8.52. The molecule has 68 valence electrons. The smallest absolute Gasteiger partial charge is 0.120 e. The van der Waals surface area contributed by atoms with E-state index in [4.69, 9.17) is 0 Å². The number of nitrogens with one attached hydrogen (secondary N) is 2. The first-order valence-corrected chi connectivity index (χ1v) is 5.04. The zero-order valence-electron chi connectivity index (χ0n) is 7.16. The third-order valence-corrected chi connectivity index (χ3v) is 2.60. The van der Waals surface area contributed by atoms with Crippen LogP contribution in [0.3, 0.4) is 0 Å². The molecule has 0 atom stereocenters. The number of nitrogens with zero attached hydrogens (tertiary/aromatic N) is 1. The molecule has 0 unspecified atom stereocenters. The molecular formula is C9H11N3S. The maximum atomic E-state index is 4.12. The lowest BCUT2D eigenvalue weighted by Gasteiger charge is -1.99. The van der Waals surface area contributed by atoms with Crippen molar-refractivity contribution in [2.75, 3.05) is 0 Å². The van der Waals surface area contributed by atoms with Crippen LogP contribution >= 0.6 is 11.3 Å². The van der Waals surface area contributed by atoms with E-state index in [1.807, 2.05) is 6.20 Å². The molecule has 0 radical (unpaired) electrons. The third kappa shape index (κ3) is 2.40. The van der Waals surface area contributed by atoms with Gasteiger partial charge in [0.15, 0.2) is 0 Å². The third-order valence-electron chi connectivity index (χ3n) is 1.73. The zero-order chi connectivity index (χ0) is 8.93. The lowest BCUT2D eigenvalue weighted by Crippen LogP contribution is -2.12. The summed E-state index contributed by atoms with van der Waals surface area (Å²) < 4.78 is 0. The summed E-state index contributed by atoms with van der Waals surface area (Å²) in [5.41, 5.74) is 0. The van der Waals surface area contributed by atoms with Crippen LogP contribution < -0.4 is 5.32 Å². The Hall–Kier alpha value is -1.13. The van der Waals surface area contributed by atoms with Gasteiger partial charge in [0.1, 0.15) is 5.82 Å². The standard InChI is InChI=1S/C9H11N3S/c1-2-8(13-5-1)6-10-7-9-11-3-4-12-9/h1-5,10H,6-7H2,(H,11,12). The Balaban J connectivity index is 1.76. The Labute approximate surface area is 80.8 Å². The van der Waals surface area contributed by atoms with Gasteiger partial charge in [0, 0.05) is 23.8 Å². The normalized spacial score (nSPS) is 10.5. The molecule has 0 fully saturated rings. The van der Waals surface area contributed by atoms with E-state index in [1.54, 1.807) is 17.5 Å². The molecule has 0 saturated heterocycles. The first-order valence-electron chi connectivity index (χ1n) is 4.16. The van der Waals surface area contributed by atoms with Crippen molar-refractivity contribution >= 4 is 11.3 Å². The highest BCUT2D eigenvalue weighted by molar-refractivity contribution is 7.09. The van der Waals surface area contributed by atoms with Crippen LogP contribution in [0.4, 0.5) is 0 Å². The maximum Gasteiger partial charge on any atom is 0.120 e. The second-order valence-corrected chi connectivity index (χ2v) is 3.75. The van der Waals surface area contributed by atoms with Crippen molar-refractivity contribution in [3.05, 3.63) is 40.6 Å². The van der Waals surface area contributed by atoms with Crippen molar-refractivity contribution in [2.24, 2.45) is 0 Å². The molecule has 2 heterocycles. The molecular weight excluding hydrogens is 182 g/mol. The van der Waals surface area contributed by atoms with Crippen LogP contribution in [0.25, 0.3) is 0 Å². The number of imidazole rings is 1. The Morgan fingerprint density at radius 1 is 1.46 bits per heavy atom. The highest BCUT2D eigenvalue weighted by atomic mass is 32.1. The van der Waals surface area contributed by atoms with Crippen LogP contribution in [0.1, 0.15) is 10.7 Å². The van der Waals surface area contributed by atoms with E-state index in [0.29, 0.717) is 0 Å². The van der Waals surface area contributed by atoms with Gasteiger partial charge in [-0.25, -0.2) is 4.98 Å². The van der Waals surface area contributed by atoms with Gasteiger partial charge in [-0.3, -0.25) is 0 Å². The quantitative estimate of drug-likeness (QED) is 0.776. The minimum Gasteiger partial charge on any atom is -0.348 e. The summed E-state index contributed by atoms with van der Waals surface area (Å²) in [7, 11) is 0. The minimum absolute atomic E-state index is 0.797. The van der Waals surface area contributed by atoms with Crippen LogP contribution in [0.15, 0.2) is 29.9 Å². The molecule has 2 aromatic heterocycles. The van der Waals surface area contributed by atoms with Crippen LogP contribution in [0.2, 0.25) is 0 Å². The van der Waals surface area contributed by atoms with Gasteiger partial charge in [-0.1, -0.05) is 6.07 Å². The summed E-state index contributed by atoms with van der Waals surface area (Å²) in [6, 6.07) is 4.19. The zero-order valence-corrected chi connectivity index (χ0v) is 7.97. The van der Waals surface area contributed by atoms with Gasteiger partial charge in [0.2, 0.25) is 0 Å². The Bertz CT molecular complexity index is 291. The van der Waals surface area contributed by atoms with Crippen LogP contribution in [-0.4, -0.2) is 9.97 Å². The van der Waals surface area contributed by atoms with E-state index in [2.05, 4.69) is 32.8 Å². The highest BCUT2D eigenvalue weighted by Crippen LogP contribution is 2.07. The molecule has 0 aromatic carbocycles. The molecule has 2 aromatic rings. The van der Waals surface area contributed by atoms with Gasteiger partial charge in [0.05, 0.1) is 6.54 Å². The van der Waals surface area contributed by atoms with Crippen molar-refractivity contribution < 1.29 is 0 Å². The summed E-state index contributed by atoms with van der Waals surface area (Å²) in [6.07, 6.45) is 3.60. The van der Waals surface area contributed by atoms with E-state index >= 15 is 0 Å². The van der Waals surface area contributed by atoms with Gasteiger partial charge in [-0.05, 0) is 11.4 Å². The maximum absolute atomic E-state index is 4.12. The number of aromatic amines is 1. The van der Waals surface area contributed by atoms with Gasteiger partial charge >= 0.3 is 0 Å². The number of H-pyrrole nitrogens is 1. The van der Waals surface area contributed by atoms with Gasteiger partial charge in [-0.2, -0.15) is 0 Å². The van der Waals surface area contributed by atoms with Crippen molar-refractivity contribution in [1.82, 2.24) is 15.3 Å². The van der Waals surface area contributed by atoms with Crippen LogP contribution in [-0.2, 0) is 13.1 Å². The SMILES string of the molecule is c1csc(CNCc2ncc[nH]2)c1. The molecule has 3 nitrogen and oxygen atoms in total. The molecule has 4 heteroatoms. The van der Waals surface area contributed by atoms with Crippen LogP contribution in [0.5, 0.6) is 0 Å². The fraction of sp³-hybridized carbons (Fsp3) is 0.222. The fourth-order valence-corrected chi connectivity index (χ4v) is 1.79. The lowest BCUT2D eigenvalue weighted by atomic mass is 10.4. The van der Waals surface area contributed by atoms with Gasteiger partial charge in [-0.15, -0.1) is 11.3 Å². The number of aromatic nitrogens is 2. The Morgan fingerprint density at radius 2 is 2.46 bits per heavy atom. The summed E-state index contributed by atoms with van der Waals surface area (Å²) in [5, 5.41) is 5.39. The van der Waals surface area contributed by atoms with E-state index in [-0.39, 0.29) is 0 Å². The second-order valence-electron chi connectivity index (χ2n) is 2.72. The number of hydrogen-bond acceptors (Lipinski definition) is 3. The molecule has 0 bridgehead atoms. The van der Waals surface area contributed by atoms with Crippen molar-refractivity contribution in [3.8, 4) is 0 Å². The number of thiophene rings is 1. The summed E-state index contributed by atoms with van der Waals surface area (Å²) in [5.74, 6) is 0.983. The topological polar surface area (TPSA) is 40.7 Å². The summed E-state index contributed by atoms with van der Waals surface area (Å²) >= 11 is 1.77. The van der Waals surface area contributed by atoms with E-state index < -0.39 is 0 Å². The Kier molecular flexibility index (Phi) is 2.74. The molecule has 2 N–H and O–H groups in total.